The quantitative estimate of drug-likeness (QED) is 0.417. The van der Waals surface area contributed by atoms with Crippen LogP contribution < -0.4 is 4.74 Å². The van der Waals surface area contributed by atoms with E-state index in [1.54, 1.807) is 0 Å². The normalized spacial score (nSPS) is 12.4. The van der Waals surface area contributed by atoms with E-state index >= 15 is 0 Å². The molecule has 0 fully saturated rings. The Morgan fingerprint density at radius 3 is 2.30 bits per heavy atom. The van der Waals surface area contributed by atoms with Crippen molar-refractivity contribution in [3.8, 4) is 11.5 Å². The van der Waals surface area contributed by atoms with E-state index in [0.717, 1.165) is 6.07 Å². The van der Waals surface area contributed by atoms with Gasteiger partial charge in [0.2, 0.25) is 5.82 Å². The molecule has 1 aromatic heterocycles. The number of nitrogens with zero attached hydrogens (tertiary/aromatic N) is 2. The van der Waals surface area contributed by atoms with Gasteiger partial charge in [-0.3, -0.25) is 0 Å². The molecule has 5 nitrogen and oxygen atoms in total. The first-order chi connectivity index (χ1) is 12.5. The van der Waals surface area contributed by atoms with Crippen LogP contribution in [0.3, 0.4) is 0 Å². The summed E-state index contributed by atoms with van der Waals surface area (Å²) in [7, 11) is 1.39. The average Bonchev–Trinajstić information content (AvgIpc) is 2.92. The number of phenolic OH excluding ortho intramolecular Hbond substituents is 1. The fraction of sp³-hybridized carbons (Fsp3) is 0.176. The summed E-state index contributed by atoms with van der Waals surface area (Å²) < 4.78 is 70.9. The maximum atomic E-state index is 13.5. The van der Waals surface area contributed by atoms with Crippen LogP contribution >= 0.6 is 0 Å². The highest BCUT2D eigenvalue weighted by atomic mass is 19.4. The van der Waals surface area contributed by atoms with Crippen LogP contribution in [0.4, 0.5) is 22.0 Å². The van der Waals surface area contributed by atoms with Gasteiger partial charge in [0, 0.05) is 12.6 Å². The third-order valence-corrected chi connectivity index (χ3v) is 3.83. The summed E-state index contributed by atoms with van der Waals surface area (Å²) in [5, 5.41) is 9.20. The zero-order valence-corrected chi connectivity index (χ0v) is 13.6. The smallest absolute Gasteiger partial charge is 0.458 e. The SMILES string of the molecule is Cn1c(C(=O)Oc2ccc(O)cc2)nc2cc(C(F)(F)C(F)(F)F)ccc21. The molecule has 0 aliphatic rings. The Morgan fingerprint density at radius 1 is 1.07 bits per heavy atom. The van der Waals surface area contributed by atoms with Gasteiger partial charge >= 0.3 is 18.1 Å². The standard InChI is InChI=1S/C17H11F5N2O3/c1-24-13-7-2-9(16(18,19)17(20,21)22)8-12(13)23-14(24)15(26)27-11-5-3-10(25)4-6-11/h2-8,25H,1H3. The number of fused-ring (bicyclic) bond motifs is 1. The number of phenols is 1. The Bertz CT molecular complexity index is 1010. The van der Waals surface area contributed by atoms with Crippen LogP contribution in [-0.4, -0.2) is 26.8 Å². The number of ether oxygens (including phenoxy) is 1. The summed E-state index contributed by atoms with van der Waals surface area (Å²) in [6.45, 7) is 0. The lowest BCUT2D eigenvalue weighted by atomic mass is 10.1. The molecule has 0 atom stereocenters. The second kappa shape index (κ2) is 6.22. The topological polar surface area (TPSA) is 64.3 Å². The van der Waals surface area contributed by atoms with Gasteiger partial charge in [0.25, 0.3) is 0 Å². The molecule has 0 saturated carbocycles. The minimum absolute atomic E-state index is 0.0457. The summed E-state index contributed by atoms with van der Waals surface area (Å²) in [6, 6.07) is 7.43. The van der Waals surface area contributed by atoms with Crippen LogP contribution in [-0.2, 0) is 13.0 Å². The molecular formula is C17H11F5N2O3. The number of halogens is 5. The molecule has 3 rings (SSSR count). The monoisotopic (exact) mass is 386 g/mol. The molecule has 0 spiro atoms. The molecule has 0 aliphatic carbocycles. The summed E-state index contributed by atoms with van der Waals surface area (Å²) in [5.41, 5.74) is -1.31. The molecule has 27 heavy (non-hydrogen) atoms. The Morgan fingerprint density at radius 2 is 1.70 bits per heavy atom. The number of hydrogen-bond acceptors (Lipinski definition) is 4. The van der Waals surface area contributed by atoms with Gasteiger partial charge in [-0.05, 0) is 36.4 Å². The second-order valence-corrected chi connectivity index (χ2v) is 5.65. The third-order valence-electron chi connectivity index (χ3n) is 3.83. The first-order valence-corrected chi connectivity index (χ1v) is 7.43. The minimum Gasteiger partial charge on any atom is -0.508 e. The van der Waals surface area contributed by atoms with Crippen molar-refractivity contribution < 1.29 is 36.6 Å². The Hall–Kier alpha value is -3.17. The molecule has 0 aliphatic heterocycles. The van der Waals surface area contributed by atoms with Gasteiger partial charge in [0.05, 0.1) is 11.0 Å². The lowest BCUT2D eigenvalue weighted by Gasteiger charge is -2.19. The average molecular weight is 386 g/mol. The fourth-order valence-electron chi connectivity index (χ4n) is 2.41. The van der Waals surface area contributed by atoms with Gasteiger partial charge in [-0.1, -0.05) is 6.07 Å². The molecule has 1 heterocycles. The molecule has 0 unspecified atom stereocenters. The Kier molecular flexibility index (Phi) is 4.29. The van der Waals surface area contributed by atoms with E-state index in [4.69, 9.17) is 4.74 Å². The van der Waals surface area contributed by atoms with Crippen LogP contribution in [0.2, 0.25) is 0 Å². The van der Waals surface area contributed by atoms with Crippen molar-refractivity contribution in [1.82, 2.24) is 9.55 Å². The van der Waals surface area contributed by atoms with Crippen LogP contribution in [0.1, 0.15) is 16.2 Å². The Balaban J connectivity index is 1.97. The molecule has 1 N–H and O–H groups in total. The van der Waals surface area contributed by atoms with Crippen molar-refractivity contribution in [2.75, 3.05) is 0 Å². The summed E-state index contributed by atoms with van der Waals surface area (Å²) in [6.07, 6.45) is -5.75. The number of carbonyl (C=O) groups is 1. The molecule has 0 amide bonds. The zero-order chi connectivity index (χ0) is 20.0. The number of carbonyl (C=O) groups excluding carboxylic acids is 1. The van der Waals surface area contributed by atoms with Crippen LogP contribution in [0, 0.1) is 0 Å². The highest BCUT2D eigenvalue weighted by Gasteiger charge is 2.58. The maximum Gasteiger partial charge on any atom is 0.458 e. The van der Waals surface area contributed by atoms with E-state index in [0.29, 0.717) is 12.1 Å². The fourth-order valence-corrected chi connectivity index (χ4v) is 2.41. The highest BCUT2D eigenvalue weighted by Crippen LogP contribution is 2.44. The van der Waals surface area contributed by atoms with E-state index in [9.17, 15) is 31.9 Å². The van der Waals surface area contributed by atoms with Gasteiger partial charge in [-0.25, -0.2) is 9.78 Å². The lowest BCUT2D eigenvalue weighted by molar-refractivity contribution is -0.289. The number of esters is 1. The third kappa shape index (κ3) is 3.29. The van der Waals surface area contributed by atoms with E-state index in [2.05, 4.69) is 4.98 Å². The van der Waals surface area contributed by atoms with Crippen LogP contribution in [0.15, 0.2) is 42.5 Å². The van der Waals surface area contributed by atoms with Crippen LogP contribution in [0.25, 0.3) is 11.0 Å². The van der Waals surface area contributed by atoms with E-state index in [1.807, 2.05) is 0 Å². The summed E-state index contributed by atoms with van der Waals surface area (Å²) in [4.78, 5) is 16.1. The van der Waals surface area contributed by atoms with Gasteiger partial charge in [0.15, 0.2) is 0 Å². The first kappa shape index (κ1) is 18.6. The predicted octanol–water partition coefficient (Wildman–Crippen LogP) is 4.15. The molecule has 0 radical (unpaired) electrons. The van der Waals surface area contributed by atoms with Crippen molar-refractivity contribution in [3.63, 3.8) is 0 Å². The number of aromatic nitrogens is 2. The molecule has 2 aromatic carbocycles. The molecule has 0 saturated heterocycles. The molecule has 3 aromatic rings. The van der Waals surface area contributed by atoms with Crippen molar-refractivity contribution in [1.29, 1.82) is 0 Å². The molecule has 142 valence electrons. The van der Waals surface area contributed by atoms with Gasteiger partial charge in [-0.15, -0.1) is 0 Å². The number of imidazole rings is 1. The van der Waals surface area contributed by atoms with Crippen molar-refractivity contribution in [2.24, 2.45) is 7.05 Å². The predicted molar refractivity (Wildman–Crippen MR) is 83.7 cm³/mol. The summed E-state index contributed by atoms with van der Waals surface area (Å²) in [5.74, 6) is -6.23. The largest absolute Gasteiger partial charge is 0.508 e. The van der Waals surface area contributed by atoms with Crippen molar-refractivity contribution in [2.45, 2.75) is 12.1 Å². The Labute approximate surface area is 148 Å². The minimum atomic E-state index is -5.75. The maximum absolute atomic E-state index is 13.5. The van der Waals surface area contributed by atoms with E-state index in [1.165, 1.54) is 35.9 Å². The van der Waals surface area contributed by atoms with Crippen molar-refractivity contribution >= 4 is 17.0 Å². The highest BCUT2D eigenvalue weighted by molar-refractivity contribution is 5.92. The number of aryl methyl sites for hydroxylation is 1. The zero-order valence-electron chi connectivity index (χ0n) is 13.6. The molecular weight excluding hydrogens is 375 g/mol. The number of alkyl halides is 5. The first-order valence-electron chi connectivity index (χ1n) is 7.43. The van der Waals surface area contributed by atoms with Gasteiger partial charge in [0.1, 0.15) is 11.5 Å². The van der Waals surface area contributed by atoms with Gasteiger partial charge in [-0.2, -0.15) is 22.0 Å². The molecule has 0 bridgehead atoms. The van der Waals surface area contributed by atoms with E-state index < -0.39 is 23.6 Å². The number of rotatable bonds is 3. The van der Waals surface area contributed by atoms with Crippen LogP contribution in [0.5, 0.6) is 11.5 Å². The van der Waals surface area contributed by atoms with E-state index in [-0.39, 0.29) is 28.4 Å². The van der Waals surface area contributed by atoms with Gasteiger partial charge < -0.3 is 14.4 Å². The number of aromatic hydroxyl groups is 1. The number of benzene rings is 2. The second-order valence-electron chi connectivity index (χ2n) is 5.65. The lowest BCUT2D eigenvalue weighted by Crippen LogP contribution is -2.33. The summed E-state index contributed by atoms with van der Waals surface area (Å²) >= 11 is 0. The molecule has 10 heteroatoms. The number of hydrogen-bond donors (Lipinski definition) is 1. The van der Waals surface area contributed by atoms with Crippen molar-refractivity contribution in [3.05, 3.63) is 53.9 Å².